The summed E-state index contributed by atoms with van der Waals surface area (Å²) in [7, 11) is 0. The number of anilines is 1. The number of hydrogen-bond acceptors (Lipinski definition) is 2. The predicted octanol–water partition coefficient (Wildman–Crippen LogP) is 2.54. The molecule has 0 spiro atoms. The normalized spacial score (nSPS) is 18.7. The molecule has 6 heteroatoms. The Labute approximate surface area is 129 Å². The highest BCUT2D eigenvalue weighted by molar-refractivity contribution is 7.80. The molecule has 108 valence electrons. The van der Waals surface area contributed by atoms with Gasteiger partial charge in [-0.15, -0.1) is 0 Å². The molecule has 1 fully saturated rings. The largest absolute Gasteiger partial charge is 0.369 e. The third-order valence-corrected chi connectivity index (χ3v) is 4.39. The Kier molecular flexibility index (Phi) is 4.83. The van der Waals surface area contributed by atoms with Crippen LogP contribution in [0.1, 0.15) is 18.4 Å². The van der Waals surface area contributed by atoms with Crippen molar-refractivity contribution in [3.63, 3.8) is 0 Å². The molecule has 1 heterocycles. The van der Waals surface area contributed by atoms with Crippen molar-refractivity contribution in [2.75, 3.05) is 18.4 Å². The lowest BCUT2D eigenvalue weighted by Gasteiger charge is -2.33. The summed E-state index contributed by atoms with van der Waals surface area (Å²) in [6.45, 7) is 3.37. The van der Waals surface area contributed by atoms with Crippen LogP contribution in [0.25, 0.3) is 0 Å². The minimum atomic E-state index is -0.253. The van der Waals surface area contributed by atoms with Crippen LogP contribution in [0.2, 0.25) is 5.02 Å². The zero-order chi connectivity index (χ0) is 14.7. The van der Waals surface area contributed by atoms with E-state index >= 15 is 0 Å². The van der Waals surface area contributed by atoms with Crippen LogP contribution >= 0.6 is 23.8 Å². The topological polar surface area (TPSA) is 58.4 Å². The maximum absolute atomic E-state index is 11.3. The van der Waals surface area contributed by atoms with Gasteiger partial charge in [0.25, 0.3) is 0 Å². The van der Waals surface area contributed by atoms with Crippen molar-refractivity contribution in [1.82, 2.24) is 4.90 Å². The Morgan fingerprint density at radius 3 is 3.00 bits per heavy atom. The Balaban J connectivity index is 2.04. The number of likely N-dealkylation sites (tertiary alicyclic amines) is 1. The maximum atomic E-state index is 11.3. The van der Waals surface area contributed by atoms with Gasteiger partial charge in [-0.25, -0.2) is 0 Å². The van der Waals surface area contributed by atoms with Crippen LogP contribution in [0.3, 0.4) is 0 Å². The molecule has 0 bridgehead atoms. The molecule has 1 aliphatic heterocycles. The van der Waals surface area contributed by atoms with E-state index in [1.807, 2.05) is 30.0 Å². The summed E-state index contributed by atoms with van der Waals surface area (Å²) in [5, 5.41) is 4.51. The SMILES string of the molecule is Cc1c(Cl)cccc1NC(=S)N1CCC[C@@H](C(N)=O)C1. The van der Waals surface area contributed by atoms with Gasteiger partial charge in [0.05, 0.1) is 5.92 Å². The average molecular weight is 312 g/mol. The number of benzene rings is 1. The van der Waals surface area contributed by atoms with Gasteiger partial charge < -0.3 is 16.0 Å². The van der Waals surface area contributed by atoms with Crippen LogP contribution in [0.4, 0.5) is 5.69 Å². The number of rotatable bonds is 2. The molecule has 1 atom stereocenters. The van der Waals surface area contributed by atoms with Crippen molar-refractivity contribution >= 4 is 40.5 Å². The van der Waals surface area contributed by atoms with Gasteiger partial charge in [0, 0.05) is 23.8 Å². The molecule has 3 N–H and O–H groups in total. The molecule has 0 aromatic heterocycles. The number of amides is 1. The number of carbonyl (C=O) groups is 1. The number of nitrogens with one attached hydrogen (secondary N) is 1. The van der Waals surface area contributed by atoms with E-state index in [-0.39, 0.29) is 11.8 Å². The fraction of sp³-hybridized carbons (Fsp3) is 0.429. The van der Waals surface area contributed by atoms with Crippen molar-refractivity contribution in [3.05, 3.63) is 28.8 Å². The number of carbonyl (C=O) groups excluding carboxylic acids is 1. The number of nitrogens with two attached hydrogens (primary N) is 1. The second kappa shape index (κ2) is 6.41. The fourth-order valence-corrected chi connectivity index (χ4v) is 2.78. The number of thiocarbonyl (C=S) groups is 1. The first-order valence-electron chi connectivity index (χ1n) is 6.59. The maximum Gasteiger partial charge on any atom is 0.222 e. The van der Waals surface area contributed by atoms with E-state index in [0.29, 0.717) is 16.7 Å². The van der Waals surface area contributed by atoms with E-state index in [1.54, 1.807) is 0 Å². The van der Waals surface area contributed by atoms with Crippen LogP contribution in [0, 0.1) is 12.8 Å². The molecule has 0 saturated carbocycles. The van der Waals surface area contributed by atoms with Gasteiger partial charge in [0.15, 0.2) is 5.11 Å². The van der Waals surface area contributed by atoms with E-state index < -0.39 is 0 Å². The molecular weight excluding hydrogens is 294 g/mol. The van der Waals surface area contributed by atoms with Crippen molar-refractivity contribution < 1.29 is 4.79 Å². The van der Waals surface area contributed by atoms with E-state index in [1.165, 1.54) is 0 Å². The van der Waals surface area contributed by atoms with Crippen molar-refractivity contribution in [1.29, 1.82) is 0 Å². The molecule has 0 aliphatic carbocycles. The highest BCUT2D eigenvalue weighted by Gasteiger charge is 2.25. The van der Waals surface area contributed by atoms with Gasteiger partial charge in [0.1, 0.15) is 0 Å². The summed E-state index contributed by atoms with van der Waals surface area (Å²) in [6.07, 6.45) is 1.76. The predicted molar refractivity (Wildman–Crippen MR) is 85.9 cm³/mol. The minimum Gasteiger partial charge on any atom is -0.369 e. The molecule has 0 radical (unpaired) electrons. The Hall–Kier alpha value is -1.33. The minimum absolute atomic E-state index is 0.121. The highest BCUT2D eigenvalue weighted by Crippen LogP contribution is 2.24. The Morgan fingerprint density at radius 1 is 1.55 bits per heavy atom. The van der Waals surface area contributed by atoms with Gasteiger partial charge >= 0.3 is 0 Å². The molecule has 1 saturated heterocycles. The number of halogens is 1. The van der Waals surface area contributed by atoms with E-state index in [4.69, 9.17) is 29.6 Å². The summed E-state index contributed by atoms with van der Waals surface area (Å²) in [6, 6.07) is 5.65. The monoisotopic (exact) mass is 311 g/mol. The molecule has 1 aliphatic rings. The number of hydrogen-bond donors (Lipinski definition) is 2. The second-order valence-electron chi connectivity index (χ2n) is 5.03. The van der Waals surface area contributed by atoms with Crippen LogP contribution in [0.5, 0.6) is 0 Å². The highest BCUT2D eigenvalue weighted by atomic mass is 35.5. The molecule has 4 nitrogen and oxygen atoms in total. The number of primary amides is 1. The molecule has 2 rings (SSSR count). The molecule has 1 amide bonds. The first kappa shape index (κ1) is 15.1. The molecule has 0 unspecified atom stereocenters. The number of piperidine rings is 1. The summed E-state index contributed by atoms with van der Waals surface area (Å²) < 4.78 is 0. The van der Waals surface area contributed by atoms with Gasteiger partial charge in [-0.3, -0.25) is 4.79 Å². The molecule has 20 heavy (non-hydrogen) atoms. The summed E-state index contributed by atoms with van der Waals surface area (Å²) in [5.41, 5.74) is 7.23. The molecular formula is C14H18ClN3OS. The zero-order valence-corrected chi connectivity index (χ0v) is 12.9. The number of nitrogens with zero attached hydrogens (tertiary/aromatic N) is 1. The first-order valence-corrected chi connectivity index (χ1v) is 7.38. The van der Waals surface area contributed by atoms with Crippen molar-refractivity contribution in [3.8, 4) is 0 Å². The lowest BCUT2D eigenvalue weighted by atomic mass is 9.98. The summed E-state index contributed by atoms with van der Waals surface area (Å²) in [5.74, 6) is -0.375. The van der Waals surface area contributed by atoms with Crippen LogP contribution in [-0.4, -0.2) is 29.0 Å². The van der Waals surface area contributed by atoms with Crippen LogP contribution in [-0.2, 0) is 4.79 Å². The van der Waals surface area contributed by atoms with Gasteiger partial charge in [-0.05, 0) is 49.7 Å². The Bertz CT molecular complexity index is 535. The van der Waals surface area contributed by atoms with Crippen LogP contribution in [0.15, 0.2) is 18.2 Å². The quantitative estimate of drug-likeness (QED) is 0.824. The van der Waals surface area contributed by atoms with Gasteiger partial charge in [0.2, 0.25) is 5.91 Å². The smallest absolute Gasteiger partial charge is 0.222 e. The first-order chi connectivity index (χ1) is 9.49. The Morgan fingerprint density at radius 2 is 2.30 bits per heavy atom. The van der Waals surface area contributed by atoms with Crippen molar-refractivity contribution in [2.24, 2.45) is 11.7 Å². The zero-order valence-electron chi connectivity index (χ0n) is 11.4. The lowest BCUT2D eigenvalue weighted by molar-refractivity contribution is -0.122. The van der Waals surface area contributed by atoms with Crippen LogP contribution < -0.4 is 11.1 Å². The van der Waals surface area contributed by atoms with E-state index in [9.17, 15) is 4.79 Å². The second-order valence-corrected chi connectivity index (χ2v) is 5.82. The third kappa shape index (κ3) is 3.41. The third-order valence-electron chi connectivity index (χ3n) is 3.62. The summed E-state index contributed by atoms with van der Waals surface area (Å²) in [4.78, 5) is 13.3. The fourth-order valence-electron chi connectivity index (χ4n) is 2.33. The summed E-state index contributed by atoms with van der Waals surface area (Å²) >= 11 is 11.5. The molecule has 1 aromatic rings. The average Bonchev–Trinajstić information content (AvgIpc) is 2.44. The standard InChI is InChI=1S/C14H18ClN3OS/c1-9-11(15)5-2-6-12(9)17-14(20)18-7-3-4-10(8-18)13(16)19/h2,5-6,10H,3-4,7-8H2,1H3,(H2,16,19)(H,17,20)/t10-/m1/s1. The van der Waals surface area contributed by atoms with Gasteiger partial charge in [-0.2, -0.15) is 0 Å². The van der Waals surface area contributed by atoms with E-state index in [2.05, 4.69) is 5.32 Å². The lowest BCUT2D eigenvalue weighted by Crippen LogP contribution is -2.45. The van der Waals surface area contributed by atoms with Crippen molar-refractivity contribution in [2.45, 2.75) is 19.8 Å². The molecule has 1 aromatic carbocycles. The van der Waals surface area contributed by atoms with E-state index in [0.717, 1.165) is 30.6 Å². The van der Waals surface area contributed by atoms with Gasteiger partial charge in [-0.1, -0.05) is 17.7 Å².